The molecule has 3 aliphatic rings. The van der Waals surface area contributed by atoms with Gasteiger partial charge >= 0.3 is 6.09 Å². The van der Waals surface area contributed by atoms with Crippen LogP contribution in [0, 0.1) is 0 Å². The fourth-order valence-corrected chi connectivity index (χ4v) is 4.80. The number of fused-ring (bicyclic) bond motifs is 5. The number of likely N-dealkylation sites (tertiary alicyclic amines) is 1. The molecule has 0 saturated carbocycles. The largest absolute Gasteiger partial charge is 0.445 e. The second-order valence-electron chi connectivity index (χ2n) is 7.88. The van der Waals surface area contributed by atoms with E-state index in [4.69, 9.17) is 9.47 Å². The number of nitrogens with zero attached hydrogens (tertiary/aromatic N) is 2. The number of carbonyl (C=O) groups is 1. The Bertz CT molecular complexity index is 848. The number of ether oxygens (including phenoxy) is 2. The Kier molecular flexibility index (Phi) is 4.69. The predicted octanol–water partition coefficient (Wildman–Crippen LogP) is 4.09. The molecule has 0 aromatic heterocycles. The first-order chi connectivity index (χ1) is 13.8. The third-order valence-electron chi connectivity index (χ3n) is 6.29. The van der Waals surface area contributed by atoms with Crippen molar-refractivity contribution in [2.24, 2.45) is 0 Å². The maximum atomic E-state index is 12.8. The lowest BCUT2D eigenvalue weighted by atomic mass is 9.95. The summed E-state index contributed by atoms with van der Waals surface area (Å²) in [6.07, 6.45) is 1.83. The Labute approximate surface area is 165 Å². The van der Waals surface area contributed by atoms with E-state index in [0.717, 1.165) is 51.3 Å². The Morgan fingerprint density at radius 1 is 1.04 bits per heavy atom. The highest BCUT2D eigenvalue weighted by Gasteiger charge is 2.41. The van der Waals surface area contributed by atoms with Crippen LogP contribution in [0.4, 0.5) is 10.5 Å². The third-order valence-corrected chi connectivity index (χ3v) is 6.29. The summed E-state index contributed by atoms with van der Waals surface area (Å²) in [6.45, 7) is 4.59. The molecule has 0 N–H and O–H groups in total. The summed E-state index contributed by atoms with van der Waals surface area (Å²) in [6, 6.07) is 16.8. The summed E-state index contributed by atoms with van der Waals surface area (Å²) in [5, 5.41) is 0. The smallest absolute Gasteiger partial charge is 0.410 e. The van der Waals surface area contributed by atoms with Crippen molar-refractivity contribution >= 4 is 11.8 Å². The minimum atomic E-state index is -0.197. The van der Waals surface area contributed by atoms with E-state index in [2.05, 4.69) is 23.1 Å². The van der Waals surface area contributed by atoms with Gasteiger partial charge in [-0.05, 0) is 47.6 Å². The molecule has 2 heterocycles. The molecule has 146 valence electrons. The van der Waals surface area contributed by atoms with E-state index in [9.17, 15) is 4.79 Å². The average Bonchev–Trinajstić information content (AvgIpc) is 3.05. The summed E-state index contributed by atoms with van der Waals surface area (Å²) in [4.78, 5) is 17.1. The Morgan fingerprint density at radius 2 is 1.86 bits per heavy atom. The van der Waals surface area contributed by atoms with Crippen LogP contribution in [0.15, 0.2) is 48.5 Å². The highest BCUT2D eigenvalue weighted by atomic mass is 16.6. The molecule has 5 rings (SSSR count). The van der Waals surface area contributed by atoms with Gasteiger partial charge in [0.25, 0.3) is 0 Å². The number of morpholine rings is 1. The summed E-state index contributed by atoms with van der Waals surface area (Å²) >= 11 is 0. The van der Waals surface area contributed by atoms with E-state index < -0.39 is 0 Å². The molecular formula is C23H26N2O3. The third kappa shape index (κ3) is 3.24. The van der Waals surface area contributed by atoms with Crippen molar-refractivity contribution in [2.45, 2.75) is 31.4 Å². The van der Waals surface area contributed by atoms with Crippen molar-refractivity contribution in [3.8, 4) is 0 Å². The van der Waals surface area contributed by atoms with E-state index >= 15 is 0 Å². The van der Waals surface area contributed by atoms with Crippen LogP contribution in [0.5, 0.6) is 0 Å². The van der Waals surface area contributed by atoms with Crippen molar-refractivity contribution < 1.29 is 14.3 Å². The lowest BCUT2D eigenvalue weighted by molar-refractivity contribution is 0.0694. The van der Waals surface area contributed by atoms with Crippen LogP contribution < -0.4 is 4.90 Å². The second-order valence-corrected chi connectivity index (χ2v) is 7.88. The Morgan fingerprint density at radius 3 is 2.68 bits per heavy atom. The van der Waals surface area contributed by atoms with Crippen molar-refractivity contribution in [3.63, 3.8) is 0 Å². The van der Waals surface area contributed by atoms with E-state index in [1.165, 1.54) is 16.8 Å². The van der Waals surface area contributed by atoms with Crippen LogP contribution in [-0.2, 0) is 16.1 Å². The maximum absolute atomic E-state index is 12.8. The van der Waals surface area contributed by atoms with Gasteiger partial charge in [0.1, 0.15) is 6.61 Å². The van der Waals surface area contributed by atoms with Gasteiger partial charge in [0, 0.05) is 25.3 Å². The molecule has 2 fully saturated rings. The fraction of sp³-hybridized carbons (Fsp3) is 0.435. The maximum Gasteiger partial charge on any atom is 0.410 e. The molecule has 2 aromatic carbocycles. The second kappa shape index (κ2) is 7.47. The zero-order chi connectivity index (χ0) is 18.9. The zero-order valence-electron chi connectivity index (χ0n) is 16.0. The van der Waals surface area contributed by atoms with E-state index in [-0.39, 0.29) is 12.1 Å². The number of rotatable bonds is 3. The van der Waals surface area contributed by atoms with Gasteiger partial charge in [0.2, 0.25) is 0 Å². The minimum absolute atomic E-state index is 0.149. The molecule has 2 aliphatic heterocycles. The van der Waals surface area contributed by atoms with Crippen LogP contribution in [0.25, 0.3) is 0 Å². The van der Waals surface area contributed by atoms with Crippen LogP contribution in [-0.4, -0.2) is 43.8 Å². The van der Waals surface area contributed by atoms with Crippen LogP contribution in [0.3, 0.4) is 0 Å². The molecule has 1 amide bonds. The molecular weight excluding hydrogens is 352 g/mol. The van der Waals surface area contributed by atoms with Crippen LogP contribution in [0.2, 0.25) is 0 Å². The van der Waals surface area contributed by atoms with Gasteiger partial charge in [-0.1, -0.05) is 36.4 Å². The lowest BCUT2D eigenvalue weighted by Gasteiger charge is -2.32. The van der Waals surface area contributed by atoms with E-state index in [0.29, 0.717) is 12.5 Å². The number of amides is 1. The van der Waals surface area contributed by atoms with Crippen molar-refractivity contribution in [2.75, 3.05) is 37.7 Å². The Balaban J connectivity index is 1.31. The lowest BCUT2D eigenvalue weighted by Crippen LogP contribution is -2.37. The topological polar surface area (TPSA) is 42.0 Å². The normalized spacial score (nSPS) is 23.4. The van der Waals surface area contributed by atoms with Crippen LogP contribution in [0.1, 0.15) is 41.5 Å². The molecule has 1 aliphatic carbocycles. The summed E-state index contributed by atoms with van der Waals surface area (Å²) in [5.41, 5.74) is 5.03. The van der Waals surface area contributed by atoms with Gasteiger partial charge in [0.05, 0.1) is 19.3 Å². The van der Waals surface area contributed by atoms with Gasteiger partial charge in [-0.2, -0.15) is 0 Å². The number of hydrogen-bond acceptors (Lipinski definition) is 4. The first-order valence-electron chi connectivity index (χ1n) is 10.2. The average molecular weight is 378 g/mol. The number of piperidine rings is 1. The summed E-state index contributed by atoms with van der Waals surface area (Å²) < 4.78 is 11.1. The molecule has 5 nitrogen and oxygen atoms in total. The molecule has 2 aromatic rings. The van der Waals surface area contributed by atoms with E-state index in [1.807, 2.05) is 35.2 Å². The minimum Gasteiger partial charge on any atom is -0.445 e. The zero-order valence-corrected chi connectivity index (χ0v) is 16.0. The van der Waals surface area contributed by atoms with Gasteiger partial charge in [-0.3, -0.25) is 0 Å². The molecule has 0 spiro atoms. The van der Waals surface area contributed by atoms with Gasteiger partial charge in [0.15, 0.2) is 0 Å². The first-order valence-corrected chi connectivity index (χ1v) is 10.2. The standard InChI is InChI=1S/C23H26N2O3/c26-23(28-16-17-4-2-1-3-5-17)25-9-8-18-14-22(25)20-7-6-19(15-21(18)20)24-10-12-27-13-11-24/h1-7,15,18,22H,8-14,16H2/t18?,22-/m1/s1. The Hall–Kier alpha value is -2.53. The molecule has 2 saturated heterocycles. The molecule has 2 bridgehead atoms. The van der Waals surface area contributed by atoms with Crippen molar-refractivity contribution in [1.29, 1.82) is 0 Å². The highest BCUT2D eigenvalue weighted by Crippen LogP contribution is 2.50. The van der Waals surface area contributed by atoms with Gasteiger partial charge in [-0.25, -0.2) is 4.79 Å². The summed E-state index contributed by atoms with van der Waals surface area (Å²) in [7, 11) is 0. The van der Waals surface area contributed by atoms with Crippen LogP contribution >= 0.6 is 0 Å². The number of carbonyl (C=O) groups excluding carboxylic acids is 1. The SMILES string of the molecule is O=C(OCc1ccccc1)N1CCC2C[C@@H]1c1ccc(N3CCOCC3)cc12. The van der Waals surface area contributed by atoms with E-state index in [1.54, 1.807) is 0 Å². The molecule has 28 heavy (non-hydrogen) atoms. The predicted molar refractivity (Wildman–Crippen MR) is 108 cm³/mol. The molecule has 5 heteroatoms. The van der Waals surface area contributed by atoms with Crippen molar-refractivity contribution in [3.05, 3.63) is 65.2 Å². The first kappa shape index (κ1) is 17.6. The summed E-state index contributed by atoms with van der Waals surface area (Å²) in [5.74, 6) is 0.555. The number of anilines is 1. The van der Waals surface area contributed by atoms with Crippen molar-refractivity contribution in [1.82, 2.24) is 4.90 Å². The van der Waals surface area contributed by atoms with Gasteiger partial charge < -0.3 is 19.3 Å². The quantitative estimate of drug-likeness (QED) is 0.807. The number of benzene rings is 2. The fourth-order valence-electron chi connectivity index (χ4n) is 4.80. The molecule has 1 unspecified atom stereocenters. The molecule has 0 radical (unpaired) electrons. The monoisotopic (exact) mass is 378 g/mol. The molecule has 2 atom stereocenters. The highest BCUT2D eigenvalue weighted by molar-refractivity contribution is 5.70. The number of hydrogen-bond donors (Lipinski definition) is 0. The van der Waals surface area contributed by atoms with Gasteiger partial charge in [-0.15, -0.1) is 0 Å².